The van der Waals surface area contributed by atoms with Crippen LogP contribution in [0.15, 0.2) is 42.5 Å². The maximum atomic E-state index is 10.5. The number of nitro benzene ring substituents is 1. The summed E-state index contributed by atoms with van der Waals surface area (Å²) < 4.78 is 5.54. The van der Waals surface area contributed by atoms with Crippen molar-refractivity contribution in [2.75, 3.05) is 0 Å². The number of nitro groups is 1. The van der Waals surface area contributed by atoms with Gasteiger partial charge in [0.25, 0.3) is 5.69 Å². The van der Waals surface area contributed by atoms with Gasteiger partial charge in [-0.25, -0.2) is 0 Å². The molecule has 1 N–H and O–H groups in total. The van der Waals surface area contributed by atoms with Crippen LogP contribution in [0.2, 0.25) is 0 Å². The van der Waals surface area contributed by atoms with Crippen LogP contribution in [0, 0.1) is 17.0 Å². The maximum Gasteiger partial charge on any atom is 0.269 e. The molecule has 5 nitrogen and oxygen atoms in total. The van der Waals surface area contributed by atoms with E-state index in [0.29, 0.717) is 17.1 Å². The molecule has 0 aliphatic rings. The molecule has 92 valence electrons. The number of aromatic hydroxyl groups is 1. The van der Waals surface area contributed by atoms with Crippen molar-refractivity contribution in [2.24, 2.45) is 0 Å². The molecule has 0 spiro atoms. The number of phenolic OH excluding ortho intramolecular Hbond substituents is 1. The normalized spacial score (nSPS) is 10.1. The van der Waals surface area contributed by atoms with Gasteiger partial charge in [-0.3, -0.25) is 10.1 Å². The van der Waals surface area contributed by atoms with Crippen molar-refractivity contribution in [3.05, 3.63) is 58.1 Å². The van der Waals surface area contributed by atoms with E-state index < -0.39 is 4.92 Å². The van der Waals surface area contributed by atoms with Gasteiger partial charge in [0.1, 0.15) is 17.2 Å². The largest absolute Gasteiger partial charge is 0.508 e. The van der Waals surface area contributed by atoms with Crippen LogP contribution in [0.4, 0.5) is 5.69 Å². The number of hydrogen-bond acceptors (Lipinski definition) is 4. The van der Waals surface area contributed by atoms with E-state index >= 15 is 0 Å². The third kappa shape index (κ3) is 2.40. The zero-order valence-electron chi connectivity index (χ0n) is 9.66. The summed E-state index contributed by atoms with van der Waals surface area (Å²) in [7, 11) is 0. The molecule has 18 heavy (non-hydrogen) atoms. The van der Waals surface area contributed by atoms with Gasteiger partial charge in [-0.1, -0.05) is 6.07 Å². The van der Waals surface area contributed by atoms with Crippen molar-refractivity contribution in [2.45, 2.75) is 6.92 Å². The van der Waals surface area contributed by atoms with Crippen LogP contribution in [0.1, 0.15) is 5.56 Å². The van der Waals surface area contributed by atoms with Crippen LogP contribution in [-0.4, -0.2) is 10.0 Å². The molecule has 0 radical (unpaired) electrons. The first-order chi connectivity index (χ1) is 8.58. The fourth-order valence-electron chi connectivity index (χ4n) is 1.48. The lowest BCUT2D eigenvalue weighted by molar-refractivity contribution is -0.384. The standard InChI is InChI=1S/C13H11NO4/c1-9-12(15)3-2-4-13(9)18-11-7-5-10(6-8-11)14(16)17/h2-8,15H,1H3. The van der Waals surface area contributed by atoms with E-state index in [0.717, 1.165) is 0 Å². The highest BCUT2D eigenvalue weighted by molar-refractivity contribution is 5.45. The molecule has 0 aliphatic heterocycles. The Balaban J connectivity index is 2.24. The predicted octanol–water partition coefficient (Wildman–Crippen LogP) is 3.40. The number of rotatable bonds is 3. The second-order valence-electron chi connectivity index (χ2n) is 3.75. The summed E-state index contributed by atoms with van der Waals surface area (Å²) in [5.74, 6) is 1.15. The zero-order valence-corrected chi connectivity index (χ0v) is 9.66. The molecular weight excluding hydrogens is 234 g/mol. The smallest absolute Gasteiger partial charge is 0.269 e. The molecule has 0 aliphatic carbocycles. The average molecular weight is 245 g/mol. The quantitative estimate of drug-likeness (QED) is 0.664. The Labute approximate surface area is 103 Å². The van der Waals surface area contributed by atoms with E-state index in [4.69, 9.17) is 4.74 Å². The summed E-state index contributed by atoms with van der Waals surface area (Å²) in [4.78, 5) is 10.0. The Morgan fingerprint density at radius 3 is 2.44 bits per heavy atom. The third-order valence-electron chi connectivity index (χ3n) is 2.53. The van der Waals surface area contributed by atoms with Gasteiger partial charge in [0.05, 0.1) is 4.92 Å². The summed E-state index contributed by atoms with van der Waals surface area (Å²) in [6, 6.07) is 10.7. The lowest BCUT2D eigenvalue weighted by atomic mass is 10.2. The SMILES string of the molecule is Cc1c(O)cccc1Oc1ccc([N+](=O)[O-])cc1. The second kappa shape index (κ2) is 4.75. The first-order valence-electron chi connectivity index (χ1n) is 5.29. The summed E-state index contributed by atoms with van der Waals surface area (Å²) in [5, 5.41) is 20.0. The molecule has 2 aromatic carbocycles. The van der Waals surface area contributed by atoms with Crippen LogP contribution in [-0.2, 0) is 0 Å². The highest BCUT2D eigenvalue weighted by Gasteiger charge is 2.07. The van der Waals surface area contributed by atoms with E-state index in [2.05, 4.69) is 0 Å². The molecule has 0 saturated heterocycles. The van der Waals surface area contributed by atoms with Crippen LogP contribution < -0.4 is 4.74 Å². The number of ether oxygens (including phenoxy) is 1. The Morgan fingerprint density at radius 2 is 1.83 bits per heavy atom. The summed E-state index contributed by atoms with van der Waals surface area (Å²) in [6.07, 6.45) is 0. The number of nitrogens with zero attached hydrogens (tertiary/aromatic N) is 1. The van der Waals surface area contributed by atoms with Crippen LogP contribution in [0.5, 0.6) is 17.2 Å². The minimum atomic E-state index is -0.469. The molecule has 2 rings (SSSR count). The lowest BCUT2D eigenvalue weighted by Crippen LogP contribution is -1.90. The topological polar surface area (TPSA) is 72.6 Å². The van der Waals surface area contributed by atoms with E-state index in [-0.39, 0.29) is 11.4 Å². The molecule has 5 heteroatoms. The van der Waals surface area contributed by atoms with Gasteiger partial charge >= 0.3 is 0 Å². The molecule has 0 aromatic heterocycles. The fourth-order valence-corrected chi connectivity index (χ4v) is 1.48. The van der Waals surface area contributed by atoms with Gasteiger partial charge in [-0.2, -0.15) is 0 Å². The minimum Gasteiger partial charge on any atom is -0.508 e. The van der Waals surface area contributed by atoms with Gasteiger partial charge in [0, 0.05) is 17.7 Å². The fraction of sp³-hybridized carbons (Fsp3) is 0.0769. The third-order valence-corrected chi connectivity index (χ3v) is 2.53. The van der Waals surface area contributed by atoms with Gasteiger partial charge in [0.2, 0.25) is 0 Å². The van der Waals surface area contributed by atoms with Crippen molar-refractivity contribution in [3.63, 3.8) is 0 Å². The monoisotopic (exact) mass is 245 g/mol. The molecule has 0 unspecified atom stereocenters. The van der Waals surface area contributed by atoms with Crippen molar-refractivity contribution in [1.29, 1.82) is 0 Å². The Hall–Kier alpha value is -2.56. The lowest BCUT2D eigenvalue weighted by Gasteiger charge is -2.09. The highest BCUT2D eigenvalue weighted by Crippen LogP contribution is 2.30. The van der Waals surface area contributed by atoms with Crippen molar-refractivity contribution >= 4 is 5.69 Å². The van der Waals surface area contributed by atoms with Crippen LogP contribution in [0.25, 0.3) is 0 Å². The molecule has 2 aromatic rings. The van der Waals surface area contributed by atoms with Gasteiger partial charge in [-0.05, 0) is 31.2 Å². The Bertz CT molecular complexity index is 578. The second-order valence-corrected chi connectivity index (χ2v) is 3.75. The number of non-ortho nitro benzene ring substituents is 1. The molecule has 0 saturated carbocycles. The molecule has 0 fully saturated rings. The highest BCUT2D eigenvalue weighted by atomic mass is 16.6. The maximum absolute atomic E-state index is 10.5. The van der Waals surface area contributed by atoms with Gasteiger partial charge in [-0.15, -0.1) is 0 Å². The van der Waals surface area contributed by atoms with Crippen LogP contribution in [0.3, 0.4) is 0 Å². The molecule has 0 amide bonds. The van der Waals surface area contributed by atoms with E-state index in [1.807, 2.05) is 0 Å². The predicted molar refractivity (Wildman–Crippen MR) is 66.0 cm³/mol. The van der Waals surface area contributed by atoms with E-state index in [1.165, 1.54) is 24.3 Å². The summed E-state index contributed by atoms with van der Waals surface area (Å²) in [6.45, 7) is 1.73. The first kappa shape index (κ1) is 11.9. The summed E-state index contributed by atoms with van der Waals surface area (Å²) in [5.41, 5.74) is 0.630. The molecule has 0 heterocycles. The molecule has 0 atom stereocenters. The number of hydrogen-bond donors (Lipinski definition) is 1. The number of benzene rings is 2. The summed E-state index contributed by atoms with van der Waals surface area (Å²) >= 11 is 0. The van der Waals surface area contributed by atoms with Gasteiger partial charge in [0.15, 0.2) is 0 Å². The first-order valence-corrected chi connectivity index (χ1v) is 5.29. The molecule has 0 bridgehead atoms. The van der Waals surface area contributed by atoms with Crippen molar-refractivity contribution in [1.82, 2.24) is 0 Å². The van der Waals surface area contributed by atoms with E-state index in [9.17, 15) is 15.2 Å². The van der Waals surface area contributed by atoms with Gasteiger partial charge < -0.3 is 9.84 Å². The average Bonchev–Trinajstić information content (AvgIpc) is 2.36. The zero-order chi connectivity index (χ0) is 13.1. The van der Waals surface area contributed by atoms with E-state index in [1.54, 1.807) is 25.1 Å². The Morgan fingerprint density at radius 1 is 1.17 bits per heavy atom. The minimum absolute atomic E-state index is 0.00924. The van der Waals surface area contributed by atoms with Crippen molar-refractivity contribution < 1.29 is 14.8 Å². The molecular formula is C13H11NO4. The number of phenols is 1. The van der Waals surface area contributed by atoms with Crippen molar-refractivity contribution in [3.8, 4) is 17.2 Å². The Kier molecular flexibility index (Phi) is 3.14. The van der Waals surface area contributed by atoms with Crippen LogP contribution >= 0.6 is 0 Å².